The number of amides is 2. The first-order chi connectivity index (χ1) is 17.6. The van der Waals surface area contributed by atoms with E-state index in [4.69, 9.17) is 14.2 Å². The van der Waals surface area contributed by atoms with Crippen LogP contribution in [-0.4, -0.2) is 53.6 Å². The number of benzene rings is 2. The highest BCUT2D eigenvalue weighted by Crippen LogP contribution is 2.30. The van der Waals surface area contributed by atoms with Gasteiger partial charge in [0.15, 0.2) is 5.69 Å². The van der Waals surface area contributed by atoms with Crippen LogP contribution in [0.25, 0.3) is 0 Å². The summed E-state index contributed by atoms with van der Waals surface area (Å²) in [4.78, 5) is 32.4. The lowest BCUT2D eigenvalue weighted by atomic mass is 9.95. The van der Waals surface area contributed by atoms with E-state index in [1.807, 2.05) is 34.9 Å². The molecule has 0 radical (unpaired) electrons. The Labute approximate surface area is 210 Å². The van der Waals surface area contributed by atoms with Gasteiger partial charge in [0, 0.05) is 42.9 Å². The number of hydrogen-bond acceptors (Lipinski definition) is 6. The maximum atomic E-state index is 13.3. The van der Waals surface area contributed by atoms with Gasteiger partial charge in [0.05, 0.1) is 39.4 Å². The molecule has 1 fully saturated rings. The first-order valence-electron chi connectivity index (χ1n) is 12.1. The number of carbonyl (C=O) groups is 2. The average molecular weight is 491 g/mol. The van der Waals surface area contributed by atoms with Crippen molar-refractivity contribution in [3.63, 3.8) is 0 Å². The number of fused-ring (bicyclic) bond motifs is 1. The summed E-state index contributed by atoms with van der Waals surface area (Å²) in [6, 6.07) is 15.3. The molecule has 2 aliphatic rings. The van der Waals surface area contributed by atoms with E-state index in [2.05, 4.69) is 10.3 Å². The number of methoxy groups -OCH3 is 2. The van der Waals surface area contributed by atoms with Crippen molar-refractivity contribution >= 4 is 17.5 Å². The van der Waals surface area contributed by atoms with Gasteiger partial charge in [-0.1, -0.05) is 30.3 Å². The molecule has 2 amide bonds. The summed E-state index contributed by atoms with van der Waals surface area (Å²) in [6.45, 7) is 1.96. The Morgan fingerprint density at radius 3 is 2.39 bits per heavy atom. The maximum Gasteiger partial charge on any atom is 0.274 e. The highest BCUT2D eigenvalue weighted by atomic mass is 16.5. The first kappa shape index (κ1) is 23.9. The first-order valence-corrected chi connectivity index (χ1v) is 12.1. The van der Waals surface area contributed by atoms with Crippen LogP contribution in [-0.2, 0) is 22.7 Å². The van der Waals surface area contributed by atoms with Crippen LogP contribution in [0.4, 0.5) is 5.69 Å². The van der Waals surface area contributed by atoms with Gasteiger partial charge >= 0.3 is 0 Å². The molecule has 3 aromatic rings. The molecule has 0 spiro atoms. The summed E-state index contributed by atoms with van der Waals surface area (Å²) in [5, 5.41) is 2.96. The van der Waals surface area contributed by atoms with Crippen LogP contribution in [0.5, 0.6) is 11.5 Å². The molecule has 0 aliphatic carbocycles. The van der Waals surface area contributed by atoms with Gasteiger partial charge in [-0.15, -0.1) is 0 Å². The van der Waals surface area contributed by atoms with Gasteiger partial charge < -0.3 is 29.0 Å². The molecule has 1 atom stereocenters. The second-order valence-corrected chi connectivity index (χ2v) is 9.06. The lowest BCUT2D eigenvalue weighted by molar-refractivity contribution is -0.121. The highest BCUT2D eigenvalue weighted by molar-refractivity contribution is 5.95. The Hall–Kier alpha value is -3.85. The van der Waals surface area contributed by atoms with Crippen LogP contribution in [0.2, 0.25) is 0 Å². The van der Waals surface area contributed by atoms with E-state index < -0.39 is 0 Å². The zero-order valence-electron chi connectivity index (χ0n) is 20.5. The van der Waals surface area contributed by atoms with Crippen LogP contribution >= 0.6 is 0 Å². The van der Waals surface area contributed by atoms with Gasteiger partial charge in [0.25, 0.3) is 5.91 Å². The molecule has 9 nitrogen and oxygen atoms in total. The molecule has 2 aliphatic heterocycles. The monoisotopic (exact) mass is 490 g/mol. The Morgan fingerprint density at radius 1 is 1.03 bits per heavy atom. The summed E-state index contributed by atoms with van der Waals surface area (Å²) < 4.78 is 18.6. The van der Waals surface area contributed by atoms with Crippen LogP contribution in [0.1, 0.15) is 40.7 Å². The Balaban J connectivity index is 1.18. The van der Waals surface area contributed by atoms with Crippen molar-refractivity contribution in [1.29, 1.82) is 0 Å². The van der Waals surface area contributed by atoms with Crippen molar-refractivity contribution < 1.29 is 23.8 Å². The van der Waals surface area contributed by atoms with Crippen molar-refractivity contribution in [3.8, 4) is 11.5 Å². The van der Waals surface area contributed by atoms with Crippen molar-refractivity contribution in [2.75, 3.05) is 32.6 Å². The molecule has 9 heteroatoms. The minimum absolute atomic E-state index is 0.0605. The van der Waals surface area contributed by atoms with Gasteiger partial charge in [-0.3, -0.25) is 9.59 Å². The third-order valence-electron chi connectivity index (χ3n) is 6.88. The van der Waals surface area contributed by atoms with Crippen molar-refractivity contribution in [2.45, 2.75) is 32.1 Å². The second-order valence-electron chi connectivity index (χ2n) is 9.06. The number of nitrogens with one attached hydrogen (secondary N) is 1. The number of nitrogens with zero attached hydrogens (tertiary/aromatic N) is 3. The molecule has 1 saturated heterocycles. The number of likely N-dealkylation sites (tertiary alicyclic amines) is 1. The number of rotatable bonds is 6. The number of piperidine rings is 1. The highest BCUT2D eigenvalue weighted by Gasteiger charge is 2.32. The van der Waals surface area contributed by atoms with Gasteiger partial charge in [0.2, 0.25) is 5.91 Å². The number of aromatic nitrogens is 2. The topological polar surface area (TPSA) is 94.9 Å². The normalized spacial score (nSPS) is 17.8. The molecular weight excluding hydrogens is 460 g/mol. The van der Waals surface area contributed by atoms with Crippen LogP contribution in [0.15, 0.2) is 54.9 Å². The van der Waals surface area contributed by atoms with E-state index in [0.29, 0.717) is 62.0 Å². The zero-order chi connectivity index (χ0) is 25.1. The van der Waals surface area contributed by atoms with Crippen molar-refractivity contribution in [1.82, 2.24) is 14.5 Å². The number of hydrogen-bond donors (Lipinski definition) is 1. The summed E-state index contributed by atoms with van der Waals surface area (Å²) in [6.07, 6.45) is 2.83. The molecule has 188 valence electrons. The zero-order valence-corrected chi connectivity index (χ0v) is 20.5. The second kappa shape index (κ2) is 10.4. The van der Waals surface area contributed by atoms with E-state index in [-0.39, 0.29) is 23.8 Å². The molecule has 0 unspecified atom stereocenters. The SMILES string of the molecule is COc1cc(NC(=O)C2CCN(C(=O)c3ncn4c3CO[C@H](c3ccccc3)C4)CC2)cc(OC)c1. The third kappa shape index (κ3) is 4.92. The Morgan fingerprint density at radius 2 is 1.72 bits per heavy atom. The van der Waals surface area contributed by atoms with Crippen molar-refractivity contribution in [3.05, 3.63) is 71.8 Å². The van der Waals surface area contributed by atoms with Crippen LogP contribution < -0.4 is 14.8 Å². The number of carbonyl (C=O) groups excluding carboxylic acids is 2. The van der Waals surface area contributed by atoms with Gasteiger partial charge in [-0.2, -0.15) is 0 Å². The Kier molecular flexibility index (Phi) is 6.90. The molecule has 2 aromatic carbocycles. The van der Waals surface area contributed by atoms with Gasteiger partial charge in [-0.05, 0) is 18.4 Å². The fraction of sp³-hybridized carbons (Fsp3) is 0.370. The van der Waals surface area contributed by atoms with E-state index in [0.717, 1.165) is 11.3 Å². The fourth-order valence-electron chi connectivity index (χ4n) is 4.79. The summed E-state index contributed by atoms with van der Waals surface area (Å²) in [7, 11) is 3.14. The summed E-state index contributed by atoms with van der Waals surface area (Å²) in [5.41, 5.74) is 2.97. The third-order valence-corrected chi connectivity index (χ3v) is 6.88. The molecular formula is C27H30N4O5. The standard InChI is InChI=1S/C27H30N4O5/c1-34-21-12-20(13-22(14-21)35-2)29-26(32)19-8-10-30(11-9-19)27(33)25-23-16-36-24(15-31(23)17-28-25)18-6-4-3-5-7-18/h3-7,12-14,17,19,24H,8-11,15-16H2,1-2H3,(H,29,32)/t24-/m0/s1. The fourth-order valence-corrected chi connectivity index (χ4v) is 4.79. The summed E-state index contributed by atoms with van der Waals surface area (Å²) in [5.74, 6) is 0.844. The van der Waals surface area contributed by atoms with E-state index in [1.165, 1.54) is 0 Å². The largest absolute Gasteiger partial charge is 0.497 e. The molecule has 5 rings (SSSR count). The molecule has 36 heavy (non-hydrogen) atoms. The lowest BCUT2D eigenvalue weighted by Gasteiger charge is -2.31. The predicted molar refractivity (Wildman–Crippen MR) is 133 cm³/mol. The van der Waals surface area contributed by atoms with E-state index >= 15 is 0 Å². The van der Waals surface area contributed by atoms with Gasteiger partial charge in [0.1, 0.15) is 17.6 Å². The van der Waals surface area contributed by atoms with E-state index in [9.17, 15) is 9.59 Å². The molecule has 0 bridgehead atoms. The minimum atomic E-state index is -0.183. The van der Waals surface area contributed by atoms with E-state index in [1.54, 1.807) is 43.6 Å². The predicted octanol–water partition coefficient (Wildman–Crippen LogP) is 3.66. The molecule has 0 saturated carbocycles. The molecule has 3 heterocycles. The van der Waals surface area contributed by atoms with Gasteiger partial charge in [-0.25, -0.2) is 4.98 Å². The lowest BCUT2D eigenvalue weighted by Crippen LogP contribution is -2.42. The smallest absolute Gasteiger partial charge is 0.274 e. The van der Waals surface area contributed by atoms with Crippen LogP contribution in [0, 0.1) is 5.92 Å². The quantitative estimate of drug-likeness (QED) is 0.567. The number of ether oxygens (including phenoxy) is 3. The minimum Gasteiger partial charge on any atom is -0.497 e. The summed E-state index contributed by atoms with van der Waals surface area (Å²) >= 11 is 0. The van der Waals surface area contributed by atoms with Crippen molar-refractivity contribution in [2.24, 2.45) is 5.92 Å². The number of anilines is 1. The Bertz CT molecular complexity index is 1210. The molecule has 1 N–H and O–H groups in total. The number of imidazole rings is 1. The average Bonchev–Trinajstić information content (AvgIpc) is 3.36. The van der Waals surface area contributed by atoms with Crippen LogP contribution in [0.3, 0.4) is 0 Å². The molecule has 1 aromatic heterocycles. The maximum absolute atomic E-state index is 13.3.